The lowest BCUT2D eigenvalue weighted by atomic mass is 10.6. The molecule has 1 radical (unpaired) electrons. The number of carbonyl (C=O) groups excluding carboxylic acids is 1. The number of amides is 1. The van der Waals surface area contributed by atoms with E-state index in [1.807, 2.05) is 13.8 Å². The first kappa shape index (κ1) is 9.27. The Morgan fingerprint density at radius 1 is 1.50 bits per heavy atom. The van der Waals surface area contributed by atoms with E-state index in [1.54, 1.807) is 11.8 Å². The Morgan fingerprint density at radius 3 is 2.30 bits per heavy atom. The van der Waals surface area contributed by atoms with Gasteiger partial charge in [0.2, 0.25) is 0 Å². The number of hydrogen-bond acceptors (Lipinski definition) is 2. The topological polar surface area (TPSA) is 29.5 Å². The number of hydrogen-bond donors (Lipinski definition) is 0. The Hall–Kier alpha value is -0.730. The van der Waals surface area contributed by atoms with Crippen LogP contribution in [0.2, 0.25) is 0 Å². The first-order chi connectivity index (χ1) is 4.76. The molecule has 0 bridgehead atoms. The van der Waals surface area contributed by atoms with Crippen molar-refractivity contribution in [2.75, 3.05) is 13.1 Å². The maximum absolute atomic E-state index is 10.9. The summed E-state index contributed by atoms with van der Waals surface area (Å²) in [6, 6.07) is 0. The second-order valence-electron chi connectivity index (χ2n) is 1.79. The first-order valence-corrected chi connectivity index (χ1v) is 3.49. The fourth-order valence-electron chi connectivity index (χ4n) is 0.657. The third-order valence-electron chi connectivity index (χ3n) is 1.24. The van der Waals surface area contributed by atoms with Crippen molar-refractivity contribution < 1.29 is 9.53 Å². The summed E-state index contributed by atoms with van der Waals surface area (Å²) in [7, 11) is 0. The second-order valence-corrected chi connectivity index (χ2v) is 1.79. The monoisotopic (exact) mass is 144 g/mol. The van der Waals surface area contributed by atoms with Gasteiger partial charge in [0.15, 0.2) is 0 Å². The molecule has 0 aliphatic heterocycles. The number of carbonyl (C=O) groups is 1. The minimum atomic E-state index is -0.271. The van der Waals surface area contributed by atoms with Crippen molar-refractivity contribution in [1.29, 1.82) is 0 Å². The molecule has 59 valence electrons. The van der Waals surface area contributed by atoms with Crippen molar-refractivity contribution >= 4 is 6.09 Å². The Balaban J connectivity index is 3.65. The molecule has 1 amide bonds. The maximum Gasteiger partial charge on any atom is 0.410 e. The van der Waals surface area contributed by atoms with Crippen LogP contribution >= 0.6 is 0 Å². The molecule has 0 fully saturated rings. The van der Waals surface area contributed by atoms with Crippen LogP contribution in [0.5, 0.6) is 0 Å². The van der Waals surface area contributed by atoms with Gasteiger partial charge < -0.3 is 9.64 Å². The predicted octanol–water partition coefficient (Wildman–Crippen LogP) is 1.65. The SMILES string of the molecule is C[CH]OC(=O)N(CC)CC. The van der Waals surface area contributed by atoms with Gasteiger partial charge in [-0.25, -0.2) is 4.79 Å². The normalized spacial score (nSPS) is 9.10. The van der Waals surface area contributed by atoms with Crippen LogP contribution < -0.4 is 0 Å². The fourth-order valence-corrected chi connectivity index (χ4v) is 0.657. The summed E-state index contributed by atoms with van der Waals surface area (Å²) in [6.45, 7) is 8.30. The summed E-state index contributed by atoms with van der Waals surface area (Å²) < 4.78 is 4.65. The van der Waals surface area contributed by atoms with Gasteiger partial charge in [-0.15, -0.1) is 0 Å². The summed E-state index contributed by atoms with van der Waals surface area (Å²) in [5.74, 6) is 0. The highest BCUT2D eigenvalue weighted by molar-refractivity contribution is 5.67. The molecular formula is C7H14NO2. The highest BCUT2D eigenvalue weighted by atomic mass is 16.6. The van der Waals surface area contributed by atoms with Gasteiger partial charge in [-0.05, 0) is 20.8 Å². The largest absolute Gasteiger partial charge is 0.442 e. The quantitative estimate of drug-likeness (QED) is 0.602. The molecule has 0 aromatic rings. The van der Waals surface area contributed by atoms with Gasteiger partial charge in [0.1, 0.15) is 6.61 Å². The Labute approximate surface area is 62.0 Å². The summed E-state index contributed by atoms with van der Waals surface area (Å²) >= 11 is 0. The first-order valence-electron chi connectivity index (χ1n) is 3.49. The van der Waals surface area contributed by atoms with Crippen LogP contribution in [0.25, 0.3) is 0 Å². The molecule has 0 aliphatic rings. The summed E-state index contributed by atoms with van der Waals surface area (Å²) in [5, 5.41) is 0. The van der Waals surface area contributed by atoms with Gasteiger partial charge in [-0.1, -0.05) is 0 Å². The average molecular weight is 144 g/mol. The molecule has 0 atom stereocenters. The fraction of sp³-hybridized carbons (Fsp3) is 0.714. The van der Waals surface area contributed by atoms with E-state index in [0.717, 1.165) is 0 Å². The van der Waals surface area contributed by atoms with E-state index in [4.69, 9.17) is 0 Å². The Bertz CT molecular complexity index is 99.8. The van der Waals surface area contributed by atoms with Crippen molar-refractivity contribution in [2.24, 2.45) is 0 Å². The standard InChI is InChI=1S/C7H14NO2/c1-4-8(5-2)7(9)10-6-3/h6H,4-5H2,1-3H3. The third-order valence-corrected chi connectivity index (χ3v) is 1.24. The van der Waals surface area contributed by atoms with Gasteiger partial charge >= 0.3 is 6.09 Å². The molecule has 3 nitrogen and oxygen atoms in total. The van der Waals surface area contributed by atoms with Crippen LogP contribution in [-0.4, -0.2) is 24.1 Å². The van der Waals surface area contributed by atoms with Crippen molar-refractivity contribution in [3.05, 3.63) is 6.61 Å². The van der Waals surface area contributed by atoms with E-state index in [0.29, 0.717) is 13.1 Å². The Morgan fingerprint density at radius 2 is 2.00 bits per heavy atom. The highest BCUT2D eigenvalue weighted by Gasteiger charge is 2.08. The maximum atomic E-state index is 10.9. The van der Waals surface area contributed by atoms with Gasteiger partial charge in [0.25, 0.3) is 0 Å². The van der Waals surface area contributed by atoms with Gasteiger partial charge in [0, 0.05) is 13.1 Å². The van der Waals surface area contributed by atoms with Crippen molar-refractivity contribution in [3.8, 4) is 0 Å². The van der Waals surface area contributed by atoms with E-state index in [2.05, 4.69) is 4.74 Å². The van der Waals surface area contributed by atoms with Crippen molar-refractivity contribution in [1.82, 2.24) is 4.90 Å². The molecule has 3 heteroatoms. The molecule has 0 heterocycles. The molecule has 0 N–H and O–H groups in total. The van der Waals surface area contributed by atoms with Crippen LogP contribution in [0.3, 0.4) is 0 Å². The molecule has 0 saturated heterocycles. The predicted molar refractivity (Wildman–Crippen MR) is 39.4 cm³/mol. The molecule has 0 spiro atoms. The van der Waals surface area contributed by atoms with Crippen molar-refractivity contribution in [2.45, 2.75) is 20.8 Å². The van der Waals surface area contributed by atoms with Crippen LogP contribution in [-0.2, 0) is 4.74 Å². The van der Waals surface area contributed by atoms with Gasteiger partial charge in [0.05, 0.1) is 0 Å². The van der Waals surface area contributed by atoms with Gasteiger partial charge in [-0.2, -0.15) is 0 Å². The smallest absolute Gasteiger partial charge is 0.410 e. The van der Waals surface area contributed by atoms with Crippen LogP contribution in [0.4, 0.5) is 4.79 Å². The number of rotatable bonds is 3. The molecule has 0 rings (SSSR count). The van der Waals surface area contributed by atoms with Crippen LogP contribution in [0.15, 0.2) is 0 Å². The van der Waals surface area contributed by atoms with Crippen LogP contribution in [0.1, 0.15) is 20.8 Å². The minimum Gasteiger partial charge on any atom is -0.442 e. The molecule has 0 unspecified atom stereocenters. The van der Waals surface area contributed by atoms with E-state index in [9.17, 15) is 4.79 Å². The van der Waals surface area contributed by atoms with Crippen molar-refractivity contribution in [3.63, 3.8) is 0 Å². The highest BCUT2D eigenvalue weighted by Crippen LogP contribution is 1.93. The summed E-state index contributed by atoms with van der Waals surface area (Å²) in [5.41, 5.74) is 0. The van der Waals surface area contributed by atoms with E-state index >= 15 is 0 Å². The lowest BCUT2D eigenvalue weighted by molar-refractivity contribution is 0.130. The zero-order valence-electron chi connectivity index (χ0n) is 6.76. The lowest BCUT2D eigenvalue weighted by Gasteiger charge is -2.16. The summed E-state index contributed by atoms with van der Waals surface area (Å²) in [6.07, 6.45) is -0.271. The van der Waals surface area contributed by atoms with Crippen LogP contribution in [0, 0.1) is 6.61 Å². The molecular weight excluding hydrogens is 130 g/mol. The van der Waals surface area contributed by atoms with Gasteiger partial charge in [-0.3, -0.25) is 0 Å². The lowest BCUT2D eigenvalue weighted by Crippen LogP contribution is -2.30. The number of nitrogens with zero attached hydrogens (tertiary/aromatic N) is 1. The second kappa shape index (κ2) is 5.09. The molecule has 0 aromatic heterocycles. The molecule has 10 heavy (non-hydrogen) atoms. The number of ether oxygens (including phenoxy) is 1. The van der Waals surface area contributed by atoms with E-state index in [-0.39, 0.29) is 6.09 Å². The molecule has 0 aliphatic carbocycles. The third kappa shape index (κ3) is 2.71. The van der Waals surface area contributed by atoms with E-state index < -0.39 is 0 Å². The summed E-state index contributed by atoms with van der Waals surface area (Å²) in [4.78, 5) is 12.5. The molecule has 0 saturated carbocycles. The average Bonchev–Trinajstić information content (AvgIpc) is 1.91. The zero-order chi connectivity index (χ0) is 7.98. The van der Waals surface area contributed by atoms with E-state index in [1.165, 1.54) is 6.61 Å². The Kier molecular flexibility index (Phi) is 4.72. The zero-order valence-corrected chi connectivity index (χ0v) is 6.76. The minimum absolute atomic E-state index is 0.271. The molecule has 0 aromatic carbocycles.